The molecule has 1 aromatic carbocycles. The van der Waals surface area contributed by atoms with Gasteiger partial charge in [-0.1, -0.05) is 0 Å². The second-order valence-electron chi connectivity index (χ2n) is 7.96. The number of piperidine rings is 1. The quantitative estimate of drug-likeness (QED) is 0.663. The number of pyridine rings is 1. The third-order valence-corrected chi connectivity index (χ3v) is 5.73. The van der Waals surface area contributed by atoms with Crippen LogP contribution in [0, 0.1) is 6.92 Å². The number of nitrogens with zero attached hydrogens (tertiary/aromatic N) is 5. The van der Waals surface area contributed by atoms with Crippen LogP contribution in [0.25, 0.3) is 11.1 Å². The molecule has 0 radical (unpaired) electrons. The fourth-order valence-electron chi connectivity index (χ4n) is 3.99. The standard InChI is InChI=1S/C24H27N5O/c1-17-26-16-22(18-8-12-25-13-9-18)23(27-17)19-10-14-29(15-11-19)24(30)20-4-6-21(7-5-20)28(2)3/h4-9,12-13,16,19H,10-11,14-15H2,1-3H3. The summed E-state index contributed by atoms with van der Waals surface area (Å²) in [7, 11) is 3.99. The van der Waals surface area contributed by atoms with Crippen LogP contribution in [-0.2, 0) is 0 Å². The number of hydrogen-bond donors (Lipinski definition) is 0. The topological polar surface area (TPSA) is 62.2 Å². The van der Waals surface area contributed by atoms with Gasteiger partial charge in [0.2, 0.25) is 0 Å². The van der Waals surface area contributed by atoms with Crippen LogP contribution in [0.5, 0.6) is 0 Å². The second kappa shape index (κ2) is 8.61. The van der Waals surface area contributed by atoms with Gasteiger partial charge in [-0.05, 0) is 61.7 Å². The molecule has 154 valence electrons. The minimum absolute atomic E-state index is 0.104. The molecule has 3 heterocycles. The monoisotopic (exact) mass is 401 g/mol. The van der Waals surface area contributed by atoms with Gasteiger partial charge in [-0.3, -0.25) is 9.78 Å². The van der Waals surface area contributed by atoms with Crippen LogP contribution in [0.1, 0.15) is 40.6 Å². The number of likely N-dealkylation sites (tertiary alicyclic amines) is 1. The number of amides is 1. The van der Waals surface area contributed by atoms with Gasteiger partial charge >= 0.3 is 0 Å². The van der Waals surface area contributed by atoms with Crippen molar-refractivity contribution in [2.24, 2.45) is 0 Å². The Bertz CT molecular complexity index is 1010. The summed E-state index contributed by atoms with van der Waals surface area (Å²) >= 11 is 0. The van der Waals surface area contributed by atoms with Gasteiger partial charge in [-0.2, -0.15) is 0 Å². The molecule has 0 spiro atoms. The van der Waals surface area contributed by atoms with Crippen molar-refractivity contribution in [3.63, 3.8) is 0 Å². The summed E-state index contributed by atoms with van der Waals surface area (Å²) in [4.78, 5) is 30.3. The number of benzene rings is 1. The predicted molar refractivity (Wildman–Crippen MR) is 119 cm³/mol. The first kappa shape index (κ1) is 20.0. The van der Waals surface area contributed by atoms with Crippen molar-refractivity contribution in [1.29, 1.82) is 0 Å². The molecule has 0 saturated carbocycles. The van der Waals surface area contributed by atoms with E-state index in [4.69, 9.17) is 4.98 Å². The van der Waals surface area contributed by atoms with Crippen LogP contribution in [-0.4, -0.2) is 52.9 Å². The maximum absolute atomic E-state index is 12.9. The fraction of sp³-hybridized carbons (Fsp3) is 0.333. The molecular formula is C24H27N5O. The van der Waals surface area contributed by atoms with Gasteiger partial charge in [-0.25, -0.2) is 9.97 Å². The van der Waals surface area contributed by atoms with Gasteiger partial charge in [0, 0.05) is 68.5 Å². The zero-order chi connectivity index (χ0) is 21.1. The van der Waals surface area contributed by atoms with Crippen molar-refractivity contribution in [1.82, 2.24) is 19.9 Å². The Labute approximate surface area is 177 Å². The molecule has 0 N–H and O–H groups in total. The molecule has 6 heteroatoms. The molecule has 0 atom stereocenters. The average Bonchev–Trinajstić information content (AvgIpc) is 2.79. The number of hydrogen-bond acceptors (Lipinski definition) is 5. The molecule has 6 nitrogen and oxygen atoms in total. The smallest absolute Gasteiger partial charge is 0.253 e. The summed E-state index contributed by atoms with van der Waals surface area (Å²) in [5.74, 6) is 1.20. The van der Waals surface area contributed by atoms with Gasteiger partial charge in [0.15, 0.2) is 0 Å². The van der Waals surface area contributed by atoms with Gasteiger partial charge in [0.25, 0.3) is 5.91 Å². The number of anilines is 1. The van der Waals surface area contributed by atoms with Crippen LogP contribution < -0.4 is 4.90 Å². The second-order valence-corrected chi connectivity index (χ2v) is 7.96. The van der Waals surface area contributed by atoms with E-state index in [1.165, 1.54) is 0 Å². The minimum Gasteiger partial charge on any atom is -0.378 e. The van der Waals surface area contributed by atoms with Crippen molar-refractivity contribution < 1.29 is 4.79 Å². The van der Waals surface area contributed by atoms with Crippen LogP contribution in [0.3, 0.4) is 0 Å². The Hall–Kier alpha value is -3.28. The van der Waals surface area contributed by atoms with E-state index in [1.54, 1.807) is 12.4 Å². The minimum atomic E-state index is 0.104. The van der Waals surface area contributed by atoms with E-state index in [2.05, 4.69) is 9.97 Å². The summed E-state index contributed by atoms with van der Waals surface area (Å²) in [6.07, 6.45) is 7.30. The van der Waals surface area contributed by atoms with Crippen molar-refractivity contribution in [3.8, 4) is 11.1 Å². The van der Waals surface area contributed by atoms with Crippen LogP contribution >= 0.6 is 0 Å². The molecule has 30 heavy (non-hydrogen) atoms. The van der Waals surface area contributed by atoms with Gasteiger partial charge in [-0.15, -0.1) is 0 Å². The van der Waals surface area contributed by atoms with Gasteiger partial charge < -0.3 is 9.80 Å². The van der Waals surface area contributed by atoms with Gasteiger partial charge in [0.05, 0.1) is 5.69 Å². The first-order chi connectivity index (χ1) is 14.5. The van der Waals surface area contributed by atoms with Crippen LogP contribution in [0.2, 0.25) is 0 Å². The highest BCUT2D eigenvalue weighted by atomic mass is 16.2. The van der Waals surface area contributed by atoms with E-state index < -0.39 is 0 Å². The first-order valence-corrected chi connectivity index (χ1v) is 10.3. The summed E-state index contributed by atoms with van der Waals surface area (Å²) in [6.45, 7) is 3.39. The van der Waals surface area contributed by atoms with Gasteiger partial charge in [0.1, 0.15) is 5.82 Å². The highest BCUT2D eigenvalue weighted by Gasteiger charge is 2.27. The average molecular weight is 402 g/mol. The maximum Gasteiger partial charge on any atom is 0.253 e. The fourth-order valence-corrected chi connectivity index (χ4v) is 3.99. The van der Waals surface area contributed by atoms with E-state index in [9.17, 15) is 4.79 Å². The van der Waals surface area contributed by atoms with E-state index in [0.29, 0.717) is 5.92 Å². The zero-order valence-corrected chi connectivity index (χ0v) is 17.7. The molecule has 3 aromatic rings. The largest absolute Gasteiger partial charge is 0.378 e. The lowest BCUT2D eigenvalue weighted by atomic mass is 9.89. The Morgan fingerprint density at radius 3 is 2.33 bits per heavy atom. The Morgan fingerprint density at radius 1 is 1.03 bits per heavy atom. The summed E-state index contributed by atoms with van der Waals surface area (Å²) in [5, 5.41) is 0. The van der Waals surface area contributed by atoms with Crippen molar-refractivity contribution in [2.45, 2.75) is 25.7 Å². The summed E-state index contributed by atoms with van der Waals surface area (Å²) in [5.41, 5.74) is 5.06. The van der Waals surface area contributed by atoms with Crippen molar-refractivity contribution in [2.75, 3.05) is 32.1 Å². The molecule has 1 aliphatic heterocycles. The van der Waals surface area contributed by atoms with E-state index in [-0.39, 0.29) is 5.91 Å². The third kappa shape index (κ3) is 4.17. The third-order valence-electron chi connectivity index (χ3n) is 5.73. The molecule has 4 rings (SSSR count). The van der Waals surface area contributed by atoms with E-state index >= 15 is 0 Å². The lowest BCUT2D eigenvalue weighted by molar-refractivity contribution is 0.0712. The van der Waals surface area contributed by atoms with E-state index in [0.717, 1.165) is 59.8 Å². The SMILES string of the molecule is Cc1ncc(-c2ccncc2)c(C2CCN(C(=O)c3ccc(N(C)C)cc3)CC2)n1. The van der Waals surface area contributed by atoms with Crippen LogP contribution in [0.15, 0.2) is 55.0 Å². The molecule has 1 aliphatic rings. The molecule has 2 aromatic heterocycles. The Kier molecular flexibility index (Phi) is 5.74. The molecular weight excluding hydrogens is 374 g/mol. The number of carbonyl (C=O) groups excluding carboxylic acids is 1. The zero-order valence-electron chi connectivity index (χ0n) is 17.7. The highest BCUT2D eigenvalue weighted by molar-refractivity contribution is 5.94. The molecule has 0 unspecified atom stereocenters. The molecule has 1 amide bonds. The number of carbonyl (C=O) groups is 1. The lowest BCUT2D eigenvalue weighted by Gasteiger charge is -2.32. The Balaban J connectivity index is 1.49. The molecule has 1 saturated heterocycles. The molecule has 0 bridgehead atoms. The van der Waals surface area contributed by atoms with E-state index in [1.807, 2.05) is 73.4 Å². The summed E-state index contributed by atoms with van der Waals surface area (Å²) < 4.78 is 0. The van der Waals surface area contributed by atoms with Crippen LogP contribution in [0.4, 0.5) is 5.69 Å². The number of aromatic nitrogens is 3. The number of aryl methyl sites for hydroxylation is 1. The summed E-state index contributed by atoms with van der Waals surface area (Å²) in [6, 6.07) is 11.8. The first-order valence-electron chi connectivity index (χ1n) is 10.3. The number of rotatable bonds is 4. The maximum atomic E-state index is 12.9. The lowest BCUT2D eigenvalue weighted by Crippen LogP contribution is -2.38. The molecule has 1 fully saturated rings. The highest BCUT2D eigenvalue weighted by Crippen LogP contribution is 2.34. The van der Waals surface area contributed by atoms with Crippen molar-refractivity contribution in [3.05, 3.63) is 72.1 Å². The normalized spacial score (nSPS) is 14.6. The molecule has 0 aliphatic carbocycles. The Morgan fingerprint density at radius 2 is 1.70 bits per heavy atom. The predicted octanol–water partition coefficient (Wildman–Crippen LogP) is 3.93. The van der Waals surface area contributed by atoms with Crippen molar-refractivity contribution >= 4 is 11.6 Å².